The standard InChI is InChI=1S/C23H24F2N6O2/c1-13-7-22(8-13,21-30-27-12-31(21)2)15-6-16(10-26-9-15)28-20(33)18-5-14(11-32)17-3-4-23(24,25)19(17)29-18/h5-6,9-10,12-13,32H,3-4,7-8,11H2,1-2H3,(H,28,33). The third-order valence-electron chi connectivity index (χ3n) is 6.74. The van der Waals surface area contributed by atoms with Crippen LogP contribution in [0.1, 0.15) is 64.9 Å². The molecule has 172 valence electrons. The molecule has 10 heteroatoms. The van der Waals surface area contributed by atoms with Crippen LogP contribution in [0.4, 0.5) is 14.5 Å². The Morgan fingerprint density at radius 3 is 2.76 bits per heavy atom. The lowest BCUT2D eigenvalue weighted by Crippen LogP contribution is -2.43. The molecular formula is C23H24F2N6O2. The molecule has 1 fully saturated rings. The minimum Gasteiger partial charge on any atom is -0.392 e. The highest BCUT2D eigenvalue weighted by atomic mass is 19.3. The van der Waals surface area contributed by atoms with E-state index in [1.165, 1.54) is 12.3 Å². The molecule has 1 amide bonds. The van der Waals surface area contributed by atoms with E-state index in [2.05, 4.69) is 32.4 Å². The van der Waals surface area contributed by atoms with Crippen molar-refractivity contribution in [3.8, 4) is 0 Å². The van der Waals surface area contributed by atoms with Crippen LogP contribution in [0.3, 0.4) is 0 Å². The fourth-order valence-electron chi connectivity index (χ4n) is 5.22. The van der Waals surface area contributed by atoms with E-state index < -0.39 is 24.1 Å². The molecule has 3 aromatic rings. The van der Waals surface area contributed by atoms with Gasteiger partial charge in [-0.05, 0) is 54.0 Å². The minimum absolute atomic E-state index is 0.127. The number of aliphatic hydroxyl groups excluding tert-OH is 1. The lowest BCUT2D eigenvalue weighted by Gasteiger charge is -2.45. The summed E-state index contributed by atoms with van der Waals surface area (Å²) in [6, 6.07) is 3.21. The number of aliphatic hydroxyl groups is 1. The van der Waals surface area contributed by atoms with Crippen LogP contribution in [0, 0.1) is 5.92 Å². The minimum atomic E-state index is -3.11. The summed E-state index contributed by atoms with van der Waals surface area (Å²) in [6.07, 6.45) is 6.42. The fourth-order valence-corrected chi connectivity index (χ4v) is 5.22. The summed E-state index contributed by atoms with van der Waals surface area (Å²) >= 11 is 0. The summed E-state index contributed by atoms with van der Waals surface area (Å²) in [5.74, 6) is -2.40. The molecule has 0 bridgehead atoms. The van der Waals surface area contributed by atoms with Crippen molar-refractivity contribution >= 4 is 11.6 Å². The van der Waals surface area contributed by atoms with Gasteiger partial charge in [-0.3, -0.25) is 9.78 Å². The first-order valence-corrected chi connectivity index (χ1v) is 10.9. The van der Waals surface area contributed by atoms with Crippen LogP contribution < -0.4 is 5.32 Å². The van der Waals surface area contributed by atoms with Crippen molar-refractivity contribution < 1.29 is 18.7 Å². The predicted octanol–water partition coefficient (Wildman–Crippen LogP) is 3.10. The van der Waals surface area contributed by atoms with Crippen LogP contribution in [0.5, 0.6) is 0 Å². The van der Waals surface area contributed by atoms with Gasteiger partial charge < -0.3 is 15.0 Å². The van der Waals surface area contributed by atoms with Crippen LogP contribution >= 0.6 is 0 Å². The highest BCUT2D eigenvalue weighted by Crippen LogP contribution is 2.51. The average molecular weight is 454 g/mol. The van der Waals surface area contributed by atoms with Gasteiger partial charge in [0.1, 0.15) is 23.5 Å². The zero-order valence-corrected chi connectivity index (χ0v) is 18.3. The van der Waals surface area contributed by atoms with E-state index in [4.69, 9.17) is 0 Å². The van der Waals surface area contributed by atoms with E-state index in [0.717, 1.165) is 24.2 Å². The Hall–Kier alpha value is -3.27. The number of hydrogen-bond acceptors (Lipinski definition) is 6. The summed E-state index contributed by atoms with van der Waals surface area (Å²) in [6.45, 7) is 1.73. The summed E-state index contributed by atoms with van der Waals surface area (Å²) in [5, 5.41) is 20.7. The van der Waals surface area contributed by atoms with Gasteiger partial charge in [0.25, 0.3) is 11.8 Å². The van der Waals surface area contributed by atoms with Gasteiger partial charge in [0.05, 0.1) is 23.9 Å². The molecule has 0 aliphatic heterocycles. The summed E-state index contributed by atoms with van der Waals surface area (Å²) in [4.78, 5) is 21.2. The van der Waals surface area contributed by atoms with Gasteiger partial charge in [-0.25, -0.2) is 4.98 Å². The summed E-state index contributed by atoms with van der Waals surface area (Å²) in [5.41, 5.74) is 1.03. The number of anilines is 1. The lowest BCUT2D eigenvalue weighted by atomic mass is 9.59. The number of amides is 1. The van der Waals surface area contributed by atoms with Gasteiger partial charge in [0, 0.05) is 19.7 Å². The molecule has 33 heavy (non-hydrogen) atoms. The SMILES string of the molecule is CC1CC(c2cncc(NC(=O)c3cc(CO)c4c(n3)C(F)(F)CC4)c2)(c2nncn2C)C1. The van der Waals surface area contributed by atoms with Crippen LogP contribution in [0.25, 0.3) is 0 Å². The molecule has 3 heterocycles. The number of pyridine rings is 2. The molecule has 2 aliphatic rings. The maximum Gasteiger partial charge on any atom is 0.290 e. The first kappa shape index (κ1) is 21.6. The smallest absolute Gasteiger partial charge is 0.290 e. The van der Waals surface area contributed by atoms with Crippen molar-refractivity contribution in [1.82, 2.24) is 24.7 Å². The van der Waals surface area contributed by atoms with E-state index in [9.17, 15) is 18.7 Å². The van der Waals surface area contributed by atoms with Crippen molar-refractivity contribution in [3.63, 3.8) is 0 Å². The highest BCUT2D eigenvalue weighted by molar-refractivity contribution is 6.03. The van der Waals surface area contributed by atoms with Gasteiger partial charge in [-0.2, -0.15) is 8.78 Å². The number of nitrogens with one attached hydrogen (secondary N) is 1. The number of carbonyl (C=O) groups is 1. The number of rotatable bonds is 5. The number of halogens is 2. The van der Waals surface area contributed by atoms with Crippen molar-refractivity contribution in [2.75, 3.05) is 5.32 Å². The summed E-state index contributed by atoms with van der Waals surface area (Å²) in [7, 11) is 1.90. The van der Waals surface area contributed by atoms with Gasteiger partial charge in [0.15, 0.2) is 0 Å². The Morgan fingerprint density at radius 2 is 2.09 bits per heavy atom. The first-order valence-electron chi connectivity index (χ1n) is 10.9. The molecule has 0 atom stereocenters. The number of fused-ring (bicyclic) bond motifs is 1. The largest absolute Gasteiger partial charge is 0.392 e. The topological polar surface area (TPSA) is 106 Å². The average Bonchev–Trinajstić information content (AvgIpc) is 3.33. The monoisotopic (exact) mass is 454 g/mol. The van der Waals surface area contributed by atoms with E-state index in [1.54, 1.807) is 12.5 Å². The molecule has 0 aromatic carbocycles. The van der Waals surface area contributed by atoms with E-state index in [0.29, 0.717) is 22.7 Å². The third kappa shape index (κ3) is 3.49. The zero-order valence-electron chi connectivity index (χ0n) is 18.3. The molecule has 0 spiro atoms. The lowest BCUT2D eigenvalue weighted by molar-refractivity contribution is -0.00602. The van der Waals surface area contributed by atoms with Gasteiger partial charge >= 0.3 is 0 Å². The van der Waals surface area contributed by atoms with Crippen molar-refractivity contribution in [2.45, 2.75) is 50.6 Å². The second kappa shape index (κ2) is 7.65. The Morgan fingerprint density at radius 1 is 1.30 bits per heavy atom. The third-order valence-corrected chi connectivity index (χ3v) is 6.74. The predicted molar refractivity (Wildman–Crippen MR) is 115 cm³/mol. The molecule has 1 saturated carbocycles. The van der Waals surface area contributed by atoms with E-state index in [1.807, 2.05) is 17.7 Å². The van der Waals surface area contributed by atoms with Crippen molar-refractivity contribution in [3.05, 3.63) is 64.8 Å². The molecule has 5 rings (SSSR count). The van der Waals surface area contributed by atoms with Gasteiger partial charge in [-0.15, -0.1) is 10.2 Å². The molecule has 2 aliphatic carbocycles. The number of nitrogens with zero attached hydrogens (tertiary/aromatic N) is 5. The number of alkyl halides is 2. The van der Waals surface area contributed by atoms with Crippen LogP contribution in [0.2, 0.25) is 0 Å². The van der Waals surface area contributed by atoms with Crippen molar-refractivity contribution in [1.29, 1.82) is 0 Å². The Labute approximate surface area is 189 Å². The van der Waals surface area contributed by atoms with Gasteiger partial charge in [0.2, 0.25) is 0 Å². The Bertz CT molecular complexity index is 1240. The zero-order chi connectivity index (χ0) is 23.4. The molecule has 0 unspecified atom stereocenters. The quantitative estimate of drug-likeness (QED) is 0.614. The normalized spacial score (nSPS) is 23.1. The number of aryl methyl sites for hydroxylation is 1. The number of hydrogen-bond donors (Lipinski definition) is 2. The second-order valence-electron chi connectivity index (χ2n) is 9.13. The van der Waals surface area contributed by atoms with Crippen LogP contribution in [0.15, 0.2) is 30.9 Å². The Balaban J connectivity index is 1.46. The van der Waals surface area contributed by atoms with Crippen LogP contribution in [-0.2, 0) is 31.4 Å². The number of carbonyl (C=O) groups excluding carboxylic acids is 1. The van der Waals surface area contributed by atoms with Crippen LogP contribution in [-0.4, -0.2) is 35.7 Å². The maximum absolute atomic E-state index is 14.3. The maximum atomic E-state index is 14.3. The van der Waals surface area contributed by atoms with Gasteiger partial charge in [-0.1, -0.05) is 6.92 Å². The van der Waals surface area contributed by atoms with E-state index in [-0.39, 0.29) is 24.0 Å². The van der Waals surface area contributed by atoms with E-state index >= 15 is 0 Å². The summed E-state index contributed by atoms with van der Waals surface area (Å²) < 4.78 is 30.4. The fraction of sp³-hybridized carbons (Fsp3) is 0.435. The molecule has 0 radical (unpaired) electrons. The molecule has 2 N–H and O–H groups in total. The number of aromatic nitrogens is 5. The Kier molecular flexibility index (Phi) is 5.00. The molecule has 3 aromatic heterocycles. The first-order chi connectivity index (χ1) is 15.7. The second-order valence-corrected chi connectivity index (χ2v) is 9.13. The molecular weight excluding hydrogens is 430 g/mol. The highest BCUT2D eigenvalue weighted by Gasteiger charge is 2.48. The van der Waals surface area contributed by atoms with Crippen molar-refractivity contribution in [2.24, 2.45) is 13.0 Å². The molecule has 8 nitrogen and oxygen atoms in total. The molecule has 0 saturated heterocycles.